The van der Waals surface area contributed by atoms with E-state index < -0.39 is 11.8 Å². The Hall–Kier alpha value is -1.50. The van der Waals surface area contributed by atoms with Crippen molar-refractivity contribution < 1.29 is 28.5 Å². The van der Waals surface area contributed by atoms with Gasteiger partial charge in [-0.1, -0.05) is 0 Å². The van der Waals surface area contributed by atoms with Crippen LogP contribution in [0.1, 0.15) is 22.3 Å². The van der Waals surface area contributed by atoms with Gasteiger partial charge in [-0.05, 0) is 30.2 Å². The van der Waals surface area contributed by atoms with Crippen LogP contribution in [0.2, 0.25) is 0 Å². The molecule has 112 valence electrons. The summed E-state index contributed by atoms with van der Waals surface area (Å²) in [6.07, 6.45) is 0.713. The zero-order chi connectivity index (χ0) is 14.8. The van der Waals surface area contributed by atoms with Gasteiger partial charge in [0.2, 0.25) is 0 Å². The summed E-state index contributed by atoms with van der Waals surface area (Å²) in [7, 11) is 1.61. The summed E-state index contributed by atoms with van der Waals surface area (Å²) in [5, 5.41) is 8.81. The minimum absolute atomic E-state index is 0.0773. The highest BCUT2D eigenvalue weighted by Crippen LogP contribution is 2.10. The van der Waals surface area contributed by atoms with Gasteiger partial charge < -0.3 is 19.3 Å². The Morgan fingerprint density at radius 1 is 1.15 bits per heavy atom. The van der Waals surface area contributed by atoms with Crippen LogP contribution in [-0.2, 0) is 20.8 Å². The van der Waals surface area contributed by atoms with Crippen LogP contribution in [0.15, 0.2) is 18.2 Å². The number of ether oxygens (including phenoxy) is 3. The highest BCUT2D eigenvalue weighted by Gasteiger charge is 2.07. The molecular weight excluding hydrogens is 267 g/mol. The molecule has 1 aromatic rings. The summed E-state index contributed by atoms with van der Waals surface area (Å²) in [6, 6.07) is 3.65. The van der Waals surface area contributed by atoms with Crippen LogP contribution in [0.3, 0.4) is 0 Å². The molecule has 0 heterocycles. The minimum Gasteiger partial charge on any atom is -0.478 e. The molecule has 1 aromatic carbocycles. The number of halogens is 1. The Bertz CT molecular complexity index is 422. The van der Waals surface area contributed by atoms with E-state index in [0.29, 0.717) is 38.4 Å². The van der Waals surface area contributed by atoms with E-state index in [1.165, 1.54) is 12.1 Å². The molecule has 0 saturated carbocycles. The molecular formula is C14H19FO5. The number of carboxylic acid groups (broad SMARTS) is 1. The van der Waals surface area contributed by atoms with Crippen molar-refractivity contribution >= 4 is 5.97 Å². The molecule has 0 aliphatic rings. The number of rotatable bonds is 10. The molecule has 1 N–H and O–H groups in total. The molecule has 0 unspecified atom stereocenters. The predicted molar refractivity (Wildman–Crippen MR) is 70.3 cm³/mol. The first kappa shape index (κ1) is 16.6. The molecule has 0 aromatic heterocycles. The lowest BCUT2D eigenvalue weighted by Gasteiger charge is -2.06. The molecule has 5 nitrogen and oxygen atoms in total. The van der Waals surface area contributed by atoms with Gasteiger partial charge in [0.15, 0.2) is 0 Å². The van der Waals surface area contributed by atoms with Crippen molar-refractivity contribution in [3.63, 3.8) is 0 Å². The molecule has 0 atom stereocenters. The molecule has 0 bridgehead atoms. The first-order chi connectivity index (χ1) is 9.63. The van der Waals surface area contributed by atoms with Crippen molar-refractivity contribution in [2.45, 2.75) is 13.0 Å². The number of hydrogen-bond donors (Lipinski definition) is 1. The second kappa shape index (κ2) is 9.41. The summed E-state index contributed by atoms with van der Waals surface area (Å²) in [5.41, 5.74) is 0.425. The summed E-state index contributed by atoms with van der Waals surface area (Å²) >= 11 is 0. The van der Waals surface area contributed by atoms with Gasteiger partial charge in [0.25, 0.3) is 0 Å². The monoisotopic (exact) mass is 286 g/mol. The van der Waals surface area contributed by atoms with Crippen LogP contribution in [0.4, 0.5) is 4.39 Å². The predicted octanol–water partition coefficient (Wildman–Crippen LogP) is 2.09. The lowest BCUT2D eigenvalue weighted by atomic mass is 10.1. The maximum absolute atomic E-state index is 13.2. The van der Waals surface area contributed by atoms with Gasteiger partial charge in [-0.15, -0.1) is 0 Å². The number of hydrogen-bond acceptors (Lipinski definition) is 4. The lowest BCUT2D eigenvalue weighted by molar-refractivity contribution is 0.0483. The highest BCUT2D eigenvalue weighted by atomic mass is 19.1. The molecule has 0 amide bonds. The number of aromatic carboxylic acids is 1. The van der Waals surface area contributed by atoms with Crippen molar-refractivity contribution in [1.29, 1.82) is 0 Å². The van der Waals surface area contributed by atoms with E-state index in [1.54, 1.807) is 7.11 Å². The molecule has 6 heteroatoms. The summed E-state index contributed by atoms with van der Waals surface area (Å²) in [5.74, 6) is -1.73. The van der Waals surface area contributed by atoms with Gasteiger partial charge in [0.05, 0.1) is 25.4 Å². The molecule has 0 saturated heterocycles. The quantitative estimate of drug-likeness (QED) is 0.667. The summed E-state index contributed by atoms with van der Waals surface area (Å²) in [6.45, 7) is 2.30. The van der Waals surface area contributed by atoms with E-state index in [0.717, 1.165) is 6.07 Å². The largest absolute Gasteiger partial charge is 0.478 e. The van der Waals surface area contributed by atoms with E-state index in [4.69, 9.17) is 19.3 Å². The molecule has 0 spiro atoms. The van der Waals surface area contributed by atoms with Crippen molar-refractivity contribution in [2.24, 2.45) is 0 Å². The molecule has 0 aliphatic carbocycles. The van der Waals surface area contributed by atoms with E-state index >= 15 is 0 Å². The van der Waals surface area contributed by atoms with Crippen LogP contribution in [0.5, 0.6) is 0 Å². The highest BCUT2D eigenvalue weighted by molar-refractivity contribution is 5.87. The Morgan fingerprint density at radius 2 is 1.90 bits per heavy atom. The minimum atomic E-state index is -1.16. The number of benzene rings is 1. The maximum Gasteiger partial charge on any atom is 0.335 e. The maximum atomic E-state index is 13.2. The van der Waals surface area contributed by atoms with Crippen LogP contribution >= 0.6 is 0 Å². The van der Waals surface area contributed by atoms with Gasteiger partial charge in [-0.25, -0.2) is 9.18 Å². The average molecular weight is 286 g/mol. The van der Waals surface area contributed by atoms with Crippen LogP contribution < -0.4 is 0 Å². The number of carbonyl (C=O) groups is 1. The van der Waals surface area contributed by atoms with Crippen LogP contribution in [-0.4, -0.2) is 44.6 Å². The summed E-state index contributed by atoms with van der Waals surface area (Å²) in [4.78, 5) is 10.8. The van der Waals surface area contributed by atoms with E-state index in [1.807, 2.05) is 0 Å². The third-order valence-corrected chi connectivity index (χ3v) is 2.48. The van der Waals surface area contributed by atoms with Crippen molar-refractivity contribution in [3.05, 3.63) is 35.1 Å². The Kier molecular flexibility index (Phi) is 7.79. The molecule has 20 heavy (non-hydrogen) atoms. The molecule has 0 radical (unpaired) electrons. The SMILES string of the molecule is COCCOCCCOCc1cc(F)cc(C(=O)O)c1. The van der Waals surface area contributed by atoms with Gasteiger partial charge in [-0.3, -0.25) is 0 Å². The topological polar surface area (TPSA) is 65.0 Å². The van der Waals surface area contributed by atoms with E-state index in [9.17, 15) is 9.18 Å². The normalized spacial score (nSPS) is 10.7. The van der Waals surface area contributed by atoms with Gasteiger partial charge in [0.1, 0.15) is 5.82 Å². The lowest BCUT2D eigenvalue weighted by Crippen LogP contribution is -2.06. The second-order valence-corrected chi connectivity index (χ2v) is 4.16. The van der Waals surface area contributed by atoms with E-state index in [2.05, 4.69) is 0 Å². The van der Waals surface area contributed by atoms with Gasteiger partial charge in [-0.2, -0.15) is 0 Å². The fourth-order valence-corrected chi connectivity index (χ4v) is 1.55. The smallest absolute Gasteiger partial charge is 0.335 e. The third kappa shape index (κ3) is 6.60. The Balaban J connectivity index is 2.23. The van der Waals surface area contributed by atoms with Crippen LogP contribution in [0.25, 0.3) is 0 Å². The number of carboxylic acids is 1. The fraction of sp³-hybridized carbons (Fsp3) is 0.500. The zero-order valence-electron chi connectivity index (χ0n) is 11.4. The number of methoxy groups -OCH3 is 1. The standard InChI is InChI=1S/C14H19FO5/c1-18-5-6-19-3-2-4-20-10-11-7-12(14(16)17)9-13(15)8-11/h7-9H,2-6,10H2,1H3,(H,16,17). The first-order valence-corrected chi connectivity index (χ1v) is 6.30. The Labute approximate surface area is 117 Å². The average Bonchev–Trinajstić information content (AvgIpc) is 2.41. The Morgan fingerprint density at radius 3 is 2.60 bits per heavy atom. The van der Waals surface area contributed by atoms with Gasteiger partial charge >= 0.3 is 5.97 Å². The summed E-state index contributed by atoms with van der Waals surface area (Å²) < 4.78 is 28.6. The van der Waals surface area contributed by atoms with Crippen molar-refractivity contribution in [2.75, 3.05) is 33.5 Å². The fourth-order valence-electron chi connectivity index (χ4n) is 1.55. The van der Waals surface area contributed by atoms with Crippen molar-refractivity contribution in [3.8, 4) is 0 Å². The molecule has 0 aliphatic heterocycles. The van der Waals surface area contributed by atoms with Gasteiger partial charge in [0, 0.05) is 20.3 Å². The van der Waals surface area contributed by atoms with Crippen LogP contribution in [0, 0.1) is 5.82 Å². The molecule has 0 fully saturated rings. The van der Waals surface area contributed by atoms with E-state index in [-0.39, 0.29) is 12.2 Å². The van der Waals surface area contributed by atoms with Crippen molar-refractivity contribution in [1.82, 2.24) is 0 Å². The first-order valence-electron chi connectivity index (χ1n) is 6.30. The second-order valence-electron chi connectivity index (χ2n) is 4.16. The third-order valence-electron chi connectivity index (χ3n) is 2.48. The molecule has 1 rings (SSSR count). The zero-order valence-corrected chi connectivity index (χ0v) is 11.4.